The van der Waals surface area contributed by atoms with Crippen molar-refractivity contribution in [2.45, 2.75) is 0 Å². The van der Waals surface area contributed by atoms with Gasteiger partial charge in [-0.1, -0.05) is 5.16 Å². The Morgan fingerprint density at radius 2 is 2.20 bits per heavy atom. The van der Waals surface area contributed by atoms with Crippen molar-refractivity contribution >= 4 is 21.8 Å². The van der Waals surface area contributed by atoms with Gasteiger partial charge in [0, 0.05) is 11.6 Å². The lowest BCUT2D eigenvalue weighted by Gasteiger charge is -2.03. The van der Waals surface area contributed by atoms with Crippen LogP contribution in [0.25, 0.3) is 11.3 Å². The minimum Gasteiger partial charge on any atom is -0.496 e. The molecule has 0 bridgehead atoms. The number of nitrogens with zero attached hydrogens (tertiary/aromatic N) is 1. The Hall–Kier alpha value is -1.49. The summed E-state index contributed by atoms with van der Waals surface area (Å²) in [6.45, 7) is 0. The normalized spacial score (nSPS) is 10.3. The summed E-state index contributed by atoms with van der Waals surface area (Å²) < 4.78 is 10.8. The Morgan fingerprint density at radius 1 is 1.40 bits per heavy atom. The van der Waals surface area contributed by atoms with Crippen molar-refractivity contribution in [3.8, 4) is 17.0 Å². The zero-order valence-electron chi connectivity index (χ0n) is 8.03. The summed E-state index contributed by atoms with van der Waals surface area (Å²) in [4.78, 5) is 0. The van der Waals surface area contributed by atoms with Crippen molar-refractivity contribution in [2.24, 2.45) is 0 Å². The fourth-order valence-electron chi connectivity index (χ4n) is 1.25. The number of anilines is 1. The van der Waals surface area contributed by atoms with Crippen LogP contribution >= 0.6 is 15.9 Å². The van der Waals surface area contributed by atoms with Gasteiger partial charge in [0.2, 0.25) is 5.88 Å². The van der Waals surface area contributed by atoms with Gasteiger partial charge in [0.25, 0.3) is 0 Å². The summed E-state index contributed by atoms with van der Waals surface area (Å²) in [5, 5.41) is 3.82. The maximum Gasteiger partial charge on any atom is 0.222 e. The number of hydrogen-bond acceptors (Lipinski definition) is 4. The highest BCUT2D eigenvalue weighted by atomic mass is 79.9. The van der Waals surface area contributed by atoms with E-state index in [2.05, 4.69) is 21.1 Å². The van der Waals surface area contributed by atoms with E-state index in [0.717, 1.165) is 15.8 Å². The smallest absolute Gasteiger partial charge is 0.222 e. The highest BCUT2D eigenvalue weighted by Crippen LogP contribution is 2.30. The molecule has 0 atom stereocenters. The molecule has 1 aromatic heterocycles. The van der Waals surface area contributed by atoms with Gasteiger partial charge in [0.15, 0.2) is 0 Å². The van der Waals surface area contributed by atoms with Crippen LogP contribution in [0.2, 0.25) is 0 Å². The third-order valence-corrected chi connectivity index (χ3v) is 2.60. The van der Waals surface area contributed by atoms with Crippen LogP contribution in [0.4, 0.5) is 5.88 Å². The molecule has 0 amide bonds. The molecule has 0 aliphatic carbocycles. The zero-order chi connectivity index (χ0) is 10.8. The van der Waals surface area contributed by atoms with Gasteiger partial charge in [-0.05, 0) is 34.1 Å². The molecule has 0 unspecified atom stereocenters. The third-order valence-electron chi connectivity index (χ3n) is 1.98. The first-order valence-corrected chi connectivity index (χ1v) is 5.06. The number of nitrogen functional groups attached to an aromatic ring is 1. The lowest BCUT2D eigenvalue weighted by Crippen LogP contribution is -1.85. The van der Waals surface area contributed by atoms with E-state index in [1.165, 1.54) is 0 Å². The molecule has 2 aromatic rings. The monoisotopic (exact) mass is 268 g/mol. The molecule has 2 rings (SSSR count). The highest BCUT2D eigenvalue weighted by molar-refractivity contribution is 9.10. The second-order valence-corrected chi connectivity index (χ2v) is 3.82. The molecule has 4 nitrogen and oxygen atoms in total. The predicted molar refractivity (Wildman–Crippen MR) is 60.6 cm³/mol. The molecule has 0 aliphatic heterocycles. The summed E-state index contributed by atoms with van der Waals surface area (Å²) >= 11 is 3.40. The quantitative estimate of drug-likeness (QED) is 0.910. The van der Waals surface area contributed by atoms with Crippen molar-refractivity contribution in [1.29, 1.82) is 0 Å². The van der Waals surface area contributed by atoms with Crippen molar-refractivity contribution < 1.29 is 9.26 Å². The van der Waals surface area contributed by atoms with Crippen molar-refractivity contribution in [2.75, 3.05) is 12.8 Å². The average molecular weight is 269 g/mol. The number of ether oxygens (including phenoxy) is 1. The zero-order valence-corrected chi connectivity index (χ0v) is 9.61. The van der Waals surface area contributed by atoms with Gasteiger partial charge in [-0.3, -0.25) is 0 Å². The first-order valence-electron chi connectivity index (χ1n) is 4.27. The van der Waals surface area contributed by atoms with Gasteiger partial charge in [-0.2, -0.15) is 0 Å². The van der Waals surface area contributed by atoms with Crippen molar-refractivity contribution in [3.05, 3.63) is 28.7 Å². The summed E-state index contributed by atoms with van der Waals surface area (Å²) in [5.41, 5.74) is 7.07. The van der Waals surface area contributed by atoms with E-state index in [0.29, 0.717) is 11.6 Å². The third kappa shape index (κ3) is 1.97. The predicted octanol–water partition coefficient (Wildman–Crippen LogP) is 2.69. The van der Waals surface area contributed by atoms with E-state index in [1.807, 2.05) is 18.2 Å². The van der Waals surface area contributed by atoms with Crippen LogP contribution in [0.15, 0.2) is 33.3 Å². The maximum absolute atomic E-state index is 5.44. The van der Waals surface area contributed by atoms with Gasteiger partial charge in [-0.25, -0.2) is 0 Å². The molecule has 0 aliphatic rings. The number of methoxy groups -OCH3 is 1. The number of hydrogen-bond donors (Lipinski definition) is 1. The molecular weight excluding hydrogens is 260 g/mol. The van der Waals surface area contributed by atoms with Crippen LogP contribution in [0.1, 0.15) is 0 Å². The van der Waals surface area contributed by atoms with E-state index in [1.54, 1.807) is 13.2 Å². The Bertz CT molecular complexity index is 482. The van der Waals surface area contributed by atoms with Crippen LogP contribution in [-0.2, 0) is 0 Å². The number of halogens is 1. The lowest BCUT2D eigenvalue weighted by molar-refractivity contribution is 0.412. The van der Waals surface area contributed by atoms with Crippen LogP contribution in [0.3, 0.4) is 0 Å². The summed E-state index contributed by atoms with van der Waals surface area (Å²) in [7, 11) is 1.62. The van der Waals surface area contributed by atoms with Crippen molar-refractivity contribution in [1.82, 2.24) is 5.16 Å². The van der Waals surface area contributed by atoms with Gasteiger partial charge >= 0.3 is 0 Å². The first kappa shape index (κ1) is 10.0. The molecule has 78 valence electrons. The van der Waals surface area contributed by atoms with Crippen LogP contribution in [0.5, 0.6) is 5.75 Å². The van der Waals surface area contributed by atoms with Gasteiger partial charge in [0.1, 0.15) is 11.4 Å². The highest BCUT2D eigenvalue weighted by Gasteiger charge is 2.07. The Morgan fingerprint density at radius 3 is 2.73 bits per heavy atom. The molecule has 5 heteroatoms. The number of rotatable bonds is 2. The Labute approximate surface area is 95.1 Å². The molecule has 0 radical (unpaired) electrons. The maximum atomic E-state index is 5.44. The second-order valence-electron chi connectivity index (χ2n) is 2.96. The minimum absolute atomic E-state index is 0.303. The van der Waals surface area contributed by atoms with Gasteiger partial charge in [-0.15, -0.1) is 0 Å². The van der Waals surface area contributed by atoms with E-state index >= 15 is 0 Å². The van der Waals surface area contributed by atoms with E-state index < -0.39 is 0 Å². The first-order chi connectivity index (χ1) is 7.20. The SMILES string of the molecule is COc1ccc(-c2cc(N)on2)cc1Br. The van der Waals surface area contributed by atoms with Crippen LogP contribution in [0, 0.1) is 0 Å². The van der Waals surface area contributed by atoms with Gasteiger partial charge in [0.05, 0.1) is 11.6 Å². The molecule has 1 heterocycles. The summed E-state index contributed by atoms with van der Waals surface area (Å²) in [6.07, 6.45) is 0. The molecule has 1 aromatic carbocycles. The molecule has 0 spiro atoms. The minimum atomic E-state index is 0.303. The number of aromatic nitrogens is 1. The largest absolute Gasteiger partial charge is 0.496 e. The Kier molecular flexibility index (Phi) is 2.64. The fraction of sp³-hybridized carbons (Fsp3) is 0.100. The molecule has 15 heavy (non-hydrogen) atoms. The summed E-state index contributed by atoms with van der Waals surface area (Å²) in [5.74, 6) is 1.08. The lowest BCUT2D eigenvalue weighted by atomic mass is 10.1. The topological polar surface area (TPSA) is 61.3 Å². The molecule has 2 N–H and O–H groups in total. The van der Waals surface area contributed by atoms with E-state index in [9.17, 15) is 0 Å². The average Bonchev–Trinajstić information content (AvgIpc) is 2.65. The number of benzene rings is 1. The molecular formula is C10H9BrN2O2. The molecule has 0 fully saturated rings. The molecule has 0 saturated heterocycles. The summed E-state index contributed by atoms with van der Waals surface area (Å²) in [6, 6.07) is 7.32. The van der Waals surface area contributed by atoms with Crippen molar-refractivity contribution in [3.63, 3.8) is 0 Å². The van der Waals surface area contributed by atoms with E-state index in [-0.39, 0.29) is 0 Å². The Balaban J connectivity index is 2.42. The standard InChI is InChI=1S/C10H9BrN2O2/c1-14-9-3-2-6(4-7(9)11)8-5-10(12)15-13-8/h2-5H,12H2,1H3. The van der Waals surface area contributed by atoms with Crippen LogP contribution in [-0.4, -0.2) is 12.3 Å². The fourth-order valence-corrected chi connectivity index (χ4v) is 1.79. The van der Waals surface area contributed by atoms with Crippen LogP contribution < -0.4 is 10.5 Å². The number of nitrogens with two attached hydrogens (primary N) is 1. The second kappa shape index (κ2) is 3.94. The molecule has 0 saturated carbocycles. The van der Waals surface area contributed by atoms with Gasteiger partial charge < -0.3 is 15.0 Å². The van der Waals surface area contributed by atoms with E-state index in [4.69, 9.17) is 15.0 Å².